The third-order valence-electron chi connectivity index (χ3n) is 5.04. The van der Waals surface area contributed by atoms with Crippen LogP contribution in [0.3, 0.4) is 0 Å². The molecule has 5 nitrogen and oxygen atoms in total. The van der Waals surface area contributed by atoms with E-state index in [4.69, 9.17) is 4.74 Å². The lowest BCUT2D eigenvalue weighted by atomic mass is 9.81. The fourth-order valence-electron chi connectivity index (χ4n) is 3.81. The maximum atomic E-state index is 13.1. The number of ether oxygens (including phenoxy) is 1. The molecule has 1 heterocycles. The molecule has 23 heavy (non-hydrogen) atoms. The summed E-state index contributed by atoms with van der Waals surface area (Å²) in [4.78, 5) is 26.1. The third kappa shape index (κ3) is 3.05. The summed E-state index contributed by atoms with van der Waals surface area (Å²) in [6.07, 6.45) is 5.01. The number of methoxy groups -OCH3 is 1. The van der Waals surface area contributed by atoms with E-state index in [2.05, 4.69) is 0 Å². The second-order valence-electron chi connectivity index (χ2n) is 6.39. The van der Waals surface area contributed by atoms with E-state index < -0.39 is 12.0 Å². The number of hydrogen-bond donors (Lipinski definition) is 1. The van der Waals surface area contributed by atoms with Crippen LogP contribution in [0.5, 0.6) is 5.75 Å². The predicted molar refractivity (Wildman–Crippen MR) is 85.7 cm³/mol. The number of carbonyl (C=O) groups is 2. The largest absolute Gasteiger partial charge is 0.497 e. The second kappa shape index (κ2) is 6.60. The van der Waals surface area contributed by atoms with Gasteiger partial charge in [0.05, 0.1) is 13.0 Å². The molecule has 5 heteroatoms. The highest BCUT2D eigenvalue weighted by Gasteiger charge is 2.37. The molecule has 1 aromatic carbocycles. The molecule has 0 bridgehead atoms. The van der Waals surface area contributed by atoms with Crippen molar-refractivity contribution in [2.75, 3.05) is 13.7 Å². The number of piperidine rings is 1. The van der Waals surface area contributed by atoms with Crippen molar-refractivity contribution in [3.63, 3.8) is 0 Å². The van der Waals surface area contributed by atoms with Crippen LogP contribution >= 0.6 is 0 Å². The number of hydrogen-bond acceptors (Lipinski definition) is 3. The fourth-order valence-corrected chi connectivity index (χ4v) is 3.81. The smallest absolute Gasteiger partial charge is 0.326 e. The molecule has 2 aliphatic rings. The van der Waals surface area contributed by atoms with Gasteiger partial charge in [0, 0.05) is 6.54 Å². The molecule has 0 aromatic heterocycles. The van der Waals surface area contributed by atoms with Gasteiger partial charge in [0.15, 0.2) is 0 Å². The van der Waals surface area contributed by atoms with Crippen LogP contribution in [0.2, 0.25) is 0 Å². The summed E-state index contributed by atoms with van der Waals surface area (Å²) < 4.78 is 5.29. The summed E-state index contributed by atoms with van der Waals surface area (Å²) in [5, 5.41) is 9.42. The lowest BCUT2D eigenvalue weighted by molar-refractivity contribution is -0.152. The molecule has 3 rings (SSSR count). The van der Waals surface area contributed by atoms with Crippen molar-refractivity contribution in [2.45, 2.75) is 50.5 Å². The van der Waals surface area contributed by atoms with Crippen LogP contribution in [0, 0.1) is 0 Å². The SMILES string of the molecule is COc1ccc2c(c1)C(C(=O)N1CCCCC1C(=O)O)CCC2. The number of aliphatic carboxylic acids is 1. The third-order valence-corrected chi connectivity index (χ3v) is 5.04. The van der Waals surface area contributed by atoms with E-state index in [0.29, 0.717) is 13.0 Å². The number of amides is 1. The van der Waals surface area contributed by atoms with Crippen molar-refractivity contribution in [3.05, 3.63) is 29.3 Å². The summed E-state index contributed by atoms with van der Waals surface area (Å²) in [5.41, 5.74) is 2.19. The average molecular weight is 317 g/mol. The Kier molecular flexibility index (Phi) is 4.55. The molecule has 1 saturated heterocycles. The summed E-state index contributed by atoms with van der Waals surface area (Å²) in [6, 6.07) is 5.22. The predicted octanol–water partition coefficient (Wildman–Crippen LogP) is 2.58. The lowest BCUT2D eigenvalue weighted by Crippen LogP contribution is -2.50. The Labute approximate surface area is 136 Å². The summed E-state index contributed by atoms with van der Waals surface area (Å²) >= 11 is 0. The molecule has 0 radical (unpaired) electrons. The number of fused-ring (bicyclic) bond motifs is 1. The monoisotopic (exact) mass is 317 g/mol. The van der Waals surface area contributed by atoms with Crippen molar-refractivity contribution in [1.29, 1.82) is 0 Å². The second-order valence-corrected chi connectivity index (χ2v) is 6.39. The summed E-state index contributed by atoms with van der Waals surface area (Å²) in [7, 11) is 1.62. The zero-order valence-electron chi connectivity index (χ0n) is 13.5. The van der Waals surface area contributed by atoms with Crippen LogP contribution in [0.4, 0.5) is 0 Å². The number of benzene rings is 1. The first kappa shape index (κ1) is 15.8. The minimum atomic E-state index is -0.889. The summed E-state index contributed by atoms with van der Waals surface area (Å²) in [5.74, 6) is -0.420. The zero-order chi connectivity index (χ0) is 16.4. The average Bonchev–Trinajstić information content (AvgIpc) is 2.60. The Morgan fingerprint density at radius 1 is 1.22 bits per heavy atom. The Hall–Kier alpha value is -2.04. The van der Waals surface area contributed by atoms with Crippen LogP contribution in [-0.4, -0.2) is 41.6 Å². The number of rotatable bonds is 3. The Bertz CT molecular complexity index is 613. The zero-order valence-corrected chi connectivity index (χ0v) is 13.5. The topological polar surface area (TPSA) is 66.8 Å². The van der Waals surface area contributed by atoms with Gasteiger partial charge in [-0.3, -0.25) is 4.79 Å². The number of carboxylic acid groups (broad SMARTS) is 1. The molecule has 124 valence electrons. The molecular formula is C18H23NO4. The molecule has 1 aliphatic heterocycles. The van der Waals surface area contributed by atoms with Crippen LogP contribution in [0.1, 0.15) is 49.1 Å². The van der Waals surface area contributed by atoms with E-state index in [-0.39, 0.29) is 11.8 Å². The van der Waals surface area contributed by atoms with Crippen LogP contribution in [-0.2, 0) is 16.0 Å². The van der Waals surface area contributed by atoms with Crippen molar-refractivity contribution in [2.24, 2.45) is 0 Å². The van der Waals surface area contributed by atoms with Gasteiger partial charge in [-0.15, -0.1) is 0 Å². The van der Waals surface area contributed by atoms with Gasteiger partial charge >= 0.3 is 5.97 Å². The Morgan fingerprint density at radius 2 is 2.04 bits per heavy atom. The molecular weight excluding hydrogens is 294 g/mol. The van der Waals surface area contributed by atoms with E-state index >= 15 is 0 Å². The molecule has 1 aliphatic carbocycles. The maximum Gasteiger partial charge on any atom is 0.326 e. The van der Waals surface area contributed by atoms with Gasteiger partial charge in [-0.25, -0.2) is 4.79 Å². The van der Waals surface area contributed by atoms with Crippen molar-refractivity contribution >= 4 is 11.9 Å². The van der Waals surface area contributed by atoms with E-state index in [1.165, 1.54) is 5.56 Å². The van der Waals surface area contributed by atoms with Gasteiger partial charge < -0.3 is 14.7 Å². The van der Waals surface area contributed by atoms with Crippen LogP contribution in [0.15, 0.2) is 18.2 Å². The van der Waals surface area contributed by atoms with Crippen molar-refractivity contribution < 1.29 is 19.4 Å². The first-order valence-corrected chi connectivity index (χ1v) is 8.32. The summed E-state index contributed by atoms with van der Waals surface area (Å²) in [6.45, 7) is 0.547. The minimum Gasteiger partial charge on any atom is -0.497 e. The van der Waals surface area contributed by atoms with E-state index in [9.17, 15) is 14.7 Å². The Morgan fingerprint density at radius 3 is 2.78 bits per heavy atom. The quantitative estimate of drug-likeness (QED) is 0.930. The van der Waals surface area contributed by atoms with Gasteiger partial charge in [0.25, 0.3) is 0 Å². The highest BCUT2D eigenvalue weighted by atomic mass is 16.5. The van der Waals surface area contributed by atoms with Gasteiger partial charge in [-0.05, 0) is 61.8 Å². The normalized spacial score (nSPS) is 24.0. The molecule has 0 spiro atoms. The number of nitrogens with zero attached hydrogens (tertiary/aromatic N) is 1. The fraction of sp³-hybridized carbons (Fsp3) is 0.556. The number of carbonyl (C=O) groups excluding carboxylic acids is 1. The van der Waals surface area contributed by atoms with Gasteiger partial charge in [0.2, 0.25) is 5.91 Å². The highest BCUT2D eigenvalue weighted by Crippen LogP contribution is 2.36. The lowest BCUT2D eigenvalue weighted by Gasteiger charge is -2.37. The standard InChI is InChI=1S/C18H23NO4/c1-23-13-9-8-12-5-4-6-14(15(12)11-13)17(20)19-10-3-2-7-16(19)18(21)22/h8-9,11,14,16H,2-7,10H2,1H3,(H,21,22). The first-order chi connectivity index (χ1) is 11.1. The van der Waals surface area contributed by atoms with Gasteiger partial charge in [-0.2, -0.15) is 0 Å². The number of likely N-dealkylation sites (tertiary alicyclic amines) is 1. The van der Waals surface area contributed by atoms with Gasteiger partial charge in [0.1, 0.15) is 11.8 Å². The molecule has 0 saturated carbocycles. The first-order valence-electron chi connectivity index (χ1n) is 8.32. The highest BCUT2D eigenvalue weighted by molar-refractivity contribution is 5.89. The van der Waals surface area contributed by atoms with E-state index in [0.717, 1.165) is 43.4 Å². The molecule has 2 unspecified atom stereocenters. The molecule has 1 aromatic rings. The number of carboxylic acids is 1. The minimum absolute atomic E-state index is 0.0358. The molecule has 1 amide bonds. The van der Waals surface area contributed by atoms with Crippen LogP contribution < -0.4 is 4.74 Å². The van der Waals surface area contributed by atoms with Crippen molar-refractivity contribution in [1.82, 2.24) is 4.90 Å². The van der Waals surface area contributed by atoms with E-state index in [1.807, 2.05) is 18.2 Å². The molecule has 1 N–H and O–H groups in total. The van der Waals surface area contributed by atoms with Crippen LogP contribution in [0.25, 0.3) is 0 Å². The maximum absolute atomic E-state index is 13.1. The van der Waals surface area contributed by atoms with Crippen molar-refractivity contribution in [3.8, 4) is 5.75 Å². The molecule has 2 atom stereocenters. The molecule has 1 fully saturated rings. The number of aryl methyl sites for hydroxylation is 1. The van der Waals surface area contributed by atoms with E-state index in [1.54, 1.807) is 12.0 Å². The van der Waals surface area contributed by atoms with Gasteiger partial charge in [-0.1, -0.05) is 6.07 Å². The Balaban J connectivity index is 1.90.